The van der Waals surface area contributed by atoms with E-state index >= 15 is 0 Å². The van der Waals surface area contributed by atoms with E-state index in [-0.39, 0.29) is 17.4 Å². The second-order valence-corrected chi connectivity index (χ2v) is 8.11. The van der Waals surface area contributed by atoms with Gasteiger partial charge < -0.3 is 14.8 Å². The van der Waals surface area contributed by atoms with E-state index in [0.717, 1.165) is 22.9 Å². The number of thiazole rings is 1. The Balaban J connectivity index is 1.59. The van der Waals surface area contributed by atoms with Crippen molar-refractivity contribution in [1.29, 1.82) is 0 Å². The standard InChI is InChI=1S/C21H27N5O3S/c1-14(15(2)17-6-5-16(28-4)12-24-17)13-29-19-11-18(21(27)26(3)25-19)22-8-7-20-23-9-10-30-20/h5-6,9-12,14-15,22H,7-8,13H2,1-4H3/t14?,15-/m0/s1. The largest absolute Gasteiger partial charge is 0.495 e. The van der Waals surface area contributed by atoms with Gasteiger partial charge >= 0.3 is 0 Å². The lowest BCUT2D eigenvalue weighted by Gasteiger charge is -2.20. The van der Waals surface area contributed by atoms with Gasteiger partial charge in [0, 0.05) is 49.3 Å². The Morgan fingerprint density at radius 1 is 1.27 bits per heavy atom. The number of hydrogen-bond donors (Lipinski definition) is 1. The molecule has 0 aromatic carbocycles. The minimum Gasteiger partial charge on any atom is -0.495 e. The normalized spacial score (nSPS) is 12.9. The molecule has 0 aliphatic rings. The number of aryl methyl sites for hydroxylation is 1. The van der Waals surface area contributed by atoms with Gasteiger partial charge in [0.05, 0.1) is 24.9 Å². The summed E-state index contributed by atoms with van der Waals surface area (Å²) in [5, 5.41) is 10.4. The molecule has 0 saturated carbocycles. The quantitative estimate of drug-likeness (QED) is 0.529. The minimum absolute atomic E-state index is 0.190. The molecule has 160 valence electrons. The van der Waals surface area contributed by atoms with Gasteiger partial charge in [-0.1, -0.05) is 13.8 Å². The van der Waals surface area contributed by atoms with E-state index in [1.807, 2.05) is 17.5 Å². The van der Waals surface area contributed by atoms with Crippen molar-refractivity contribution < 1.29 is 9.47 Å². The number of anilines is 1. The zero-order valence-electron chi connectivity index (χ0n) is 17.7. The van der Waals surface area contributed by atoms with Crippen molar-refractivity contribution >= 4 is 17.0 Å². The molecular weight excluding hydrogens is 402 g/mol. The summed E-state index contributed by atoms with van der Waals surface area (Å²) in [6.07, 6.45) is 4.25. The third kappa shape index (κ3) is 5.56. The minimum atomic E-state index is -0.190. The van der Waals surface area contributed by atoms with Crippen molar-refractivity contribution in [3.05, 3.63) is 57.0 Å². The third-order valence-electron chi connectivity index (χ3n) is 4.99. The first-order chi connectivity index (χ1) is 14.5. The zero-order chi connectivity index (χ0) is 21.5. The monoisotopic (exact) mass is 429 g/mol. The van der Waals surface area contributed by atoms with Crippen LogP contribution in [0.1, 0.15) is 30.5 Å². The van der Waals surface area contributed by atoms with E-state index in [9.17, 15) is 4.79 Å². The molecular formula is C21H27N5O3S. The van der Waals surface area contributed by atoms with Gasteiger partial charge in [-0.25, -0.2) is 9.67 Å². The molecule has 3 rings (SSSR count). The molecule has 3 aromatic heterocycles. The summed E-state index contributed by atoms with van der Waals surface area (Å²) in [4.78, 5) is 21.1. The average molecular weight is 430 g/mol. The first-order valence-corrected chi connectivity index (χ1v) is 10.7. The van der Waals surface area contributed by atoms with Crippen molar-refractivity contribution in [2.45, 2.75) is 26.2 Å². The number of rotatable bonds is 10. The summed E-state index contributed by atoms with van der Waals surface area (Å²) >= 11 is 1.60. The van der Waals surface area contributed by atoms with Crippen molar-refractivity contribution in [2.24, 2.45) is 13.0 Å². The molecule has 0 bridgehead atoms. The van der Waals surface area contributed by atoms with Gasteiger partial charge in [-0.3, -0.25) is 9.78 Å². The van der Waals surface area contributed by atoms with Crippen LogP contribution in [0.5, 0.6) is 11.6 Å². The van der Waals surface area contributed by atoms with Crippen LogP contribution in [-0.2, 0) is 13.5 Å². The highest BCUT2D eigenvalue weighted by molar-refractivity contribution is 7.09. The van der Waals surface area contributed by atoms with Crippen molar-refractivity contribution in [1.82, 2.24) is 19.7 Å². The molecule has 0 amide bonds. The Bertz CT molecular complexity index is 989. The summed E-state index contributed by atoms with van der Waals surface area (Å²) < 4.78 is 12.4. The number of ether oxygens (including phenoxy) is 2. The molecule has 1 N–H and O–H groups in total. The fourth-order valence-corrected chi connectivity index (χ4v) is 3.51. The lowest BCUT2D eigenvalue weighted by atomic mass is 9.93. The molecule has 3 aromatic rings. The third-order valence-corrected chi connectivity index (χ3v) is 5.83. The maximum atomic E-state index is 12.3. The number of nitrogens with zero attached hydrogens (tertiary/aromatic N) is 4. The summed E-state index contributed by atoms with van der Waals surface area (Å²) in [5.41, 5.74) is 1.26. The maximum absolute atomic E-state index is 12.3. The highest BCUT2D eigenvalue weighted by atomic mass is 32.1. The average Bonchev–Trinajstić information content (AvgIpc) is 3.28. The van der Waals surface area contributed by atoms with Crippen LogP contribution < -0.4 is 20.3 Å². The Kier molecular flexibility index (Phi) is 7.40. The second-order valence-electron chi connectivity index (χ2n) is 7.13. The van der Waals surface area contributed by atoms with Crippen molar-refractivity contribution in [3.63, 3.8) is 0 Å². The SMILES string of the molecule is COc1ccc([C@@H](C)C(C)COc2cc(NCCc3nccs3)c(=O)n(C)n2)nc1. The van der Waals surface area contributed by atoms with Gasteiger partial charge in [-0.2, -0.15) is 0 Å². The van der Waals surface area contributed by atoms with Crippen LogP contribution in [0.25, 0.3) is 0 Å². The molecule has 9 heteroatoms. The molecule has 2 atom stereocenters. The number of aromatic nitrogens is 4. The Morgan fingerprint density at radius 3 is 2.77 bits per heavy atom. The molecule has 1 unspecified atom stereocenters. The highest BCUT2D eigenvalue weighted by Crippen LogP contribution is 2.24. The summed E-state index contributed by atoms with van der Waals surface area (Å²) in [6.45, 7) is 5.29. The van der Waals surface area contributed by atoms with E-state index in [2.05, 4.69) is 34.2 Å². The Morgan fingerprint density at radius 2 is 2.10 bits per heavy atom. The molecule has 0 saturated heterocycles. The first-order valence-electron chi connectivity index (χ1n) is 9.81. The van der Waals surface area contributed by atoms with Crippen LogP contribution in [-0.4, -0.2) is 40.0 Å². The van der Waals surface area contributed by atoms with Crippen LogP contribution in [0.3, 0.4) is 0 Å². The molecule has 0 radical (unpaired) electrons. The lowest BCUT2D eigenvalue weighted by Crippen LogP contribution is -2.25. The Hall–Kier alpha value is -2.94. The fraction of sp³-hybridized carbons (Fsp3) is 0.429. The van der Waals surface area contributed by atoms with Crippen LogP contribution in [0.4, 0.5) is 5.69 Å². The van der Waals surface area contributed by atoms with Gasteiger partial charge in [0.1, 0.15) is 11.4 Å². The fourth-order valence-electron chi connectivity index (χ4n) is 2.89. The molecule has 8 nitrogen and oxygen atoms in total. The first kappa shape index (κ1) is 21.8. The van der Waals surface area contributed by atoms with Crippen molar-refractivity contribution in [3.8, 4) is 11.6 Å². The van der Waals surface area contributed by atoms with E-state index in [0.29, 0.717) is 24.7 Å². The molecule has 30 heavy (non-hydrogen) atoms. The van der Waals surface area contributed by atoms with E-state index in [1.165, 1.54) is 4.68 Å². The van der Waals surface area contributed by atoms with Crippen LogP contribution in [0, 0.1) is 5.92 Å². The van der Waals surface area contributed by atoms with Crippen LogP contribution in [0.15, 0.2) is 40.8 Å². The van der Waals surface area contributed by atoms with Crippen LogP contribution in [0.2, 0.25) is 0 Å². The predicted molar refractivity (Wildman–Crippen MR) is 118 cm³/mol. The Labute approximate surface area is 179 Å². The smallest absolute Gasteiger partial charge is 0.290 e. The van der Waals surface area contributed by atoms with Gasteiger partial charge in [0.2, 0.25) is 5.88 Å². The van der Waals surface area contributed by atoms with E-state index in [4.69, 9.17) is 9.47 Å². The summed E-state index contributed by atoms with van der Waals surface area (Å²) in [6, 6.07) is 5.53. The molecule has 0 aliphatic heterocycles. The molecule has 0 aliphatic carbocycles. The molecule has 0 spiro atoms. The predicted octanol–water partition coefficient (Wildman–Crippen LogP) is 3.11. The van der Waals surface area contributed by atoms with Gasteiger partial charge in [0.25, 0.3) is 5.56 Å². The summed E-state index contributed by atoms with van der Waals surface area (Å²) in [7, 11) is 3.24. The highest BCUT2D eigenvalue weighted by Gasteiger charge is 2.17. The number of nitrogens with one attached hydrogen (secondary N) is 1. The van der Waals surface area contributed by atoms with Crippen LogP contribution >= 0.6 is 11.3 Å². The lowest BCUT2D eigenvalue weighted by molar-refractivity contribution is 0.228. The molecule has 0 fully saturated rings. The number of pyridine rings is 1. The van der Waals surface area contributed by atoms with Gasteiger partial charge in [-0.05, 0) is 18.1 Å². The molecule has 3 heterocycles. The van der Waals surface area contributed by atoms with E-state index in [1.54, 1.807) is 44.0 Å². The van der Waals surface area contributed by atoms with Gasteiger partial charge in [0.15, 0.2) is 0 Å². The number of hydrogen-bond acceptors (Lipinski definition) is 8. The second kappa shape index (κ2) is 10.2. The topological polar surface area (TPSA) is 91.2 Å². The maximum Gasteiger partial charge on any atom is 0.290 e. The van der Waals surface area contributed by atoms with E-state index < -0.39 is 0 Å². The number of methoxy groups -OCH3 is 1. The van der Waals surface area contributed by atoms with Crippen molar-refractivity contribution in [2.75, 3.05) is 25.6 Å². The van der Waals surface area contributed by atoms with Gasteiger partial charge in [-0.15, -0.1) is 16.4 Å². The summed E-state index contributed by atoms with van der Waals surface area (Å²) in [5.74, 6) is 1.54. The zero-order valence-corrected chi connectivity index (χ0v) is 18.5.